The summed E-state index contributed by atoms with van der Waals surface area (Å²) in [6.45, 7) is 8.84. The van der Waals surface area contributed by atoms with E-state index >= 15 is 0 Å². The number of rotatable bonds is 6. The van der Waals surface area contributed by atoms with E-state index in [4.69, 9.17) is 4.42 Å². The minimum absolute atomic E-state index is 0.0556. The van der Waals surface area contributed by atoms with Gasteiger partial charge in [-0.05, 0) is 54.2 Å². The molecule has 0 spiro atoms. The molecule has 3 aromatic heterocycles. The molecule has 2 aromatic carbocycles. The van der Waals surface area contributed by atoms with Gasteiger partial charge in [-0.25, -0.2) is 14.6 Å². The molecule has 5 rings (SSSR count). The Bertz CT molecular complexity index is 1770. The van der Waals surface area contributed by atoms with Crippen molar-refractivity contribution in [1.82, 2.24) is 18.7 Å². The lowest BCUT2D eigenvalue weighted by Gasteiger charge is -2.15. The van der Waals surface area contributed by atoms with E-state index in [1.807, 2.05) is 56.3 Å². The first-order chi connectivity index (χ1) is 17.3. The number of aryl methyl sites for hydroxylation is 2. The molecule has 36 heavy (non-hydrogen) atoms. The number of hydrogen-bond donors (Lipinski definition) is 0. The van der Waals surface area contributed by atoms with Gasteiger partial charge in [0.2, 0.25) is 0 Å². The van der Waals surface area contributed by atoms with Gasteiger partial charge in [0.25, 0.3) is 5.56 Å². The van der Waals surface area contributed by atoms with Crippen LogP contribution in [0.2, 0.25) is 0 Å². The Morgan fingerprint density at radius 1 is 0.972 bits per heavy atom. The average molecular weight is 485 g/mol. The van der Waals surface area contributed by atoms with Crippen molar-refractivity contribution in [3.8, 4) is 0 Å². The van der Waals surface area contributed by atoms with E-state index in [0.717, 1.165) is 16.7 Å². The number of nitrogens with zero attached hydrogens (tertiary/aromatic N) is 4. The summed E-state index contributed by atoms with van der Waals surface area (Å²) in [7, 11) is 0. The highest BCUT2D eigenvalue weighted by Gasteiger charge is 2.20. The van der Waals surface area contributed by atoms with Crippen molar-refractivity contribution in [2.24, 2.45) is 0 Å². The number of hydrogen-bond acceptors (Lipinski definition) is 5. The second-order valence-electron chi connectivity index (χ2n) is 9.40. The van der Waals surface area contributed by atoms with Gasteiger partial charge in [0.15, 0.2) is 11.2 Å². The third-order valence-electron chi connectivity index (χ3n) is 6.68. The zero-order valence-electron chi connectivity index (χ0n) is 20.8. The molecule has 8 nitrogen and oxygen atoms in total. The molecule has 0 aliphatic carbocycles. The predicted octanol–water partition coefficient (Wildman–Crippen LogP) is 4.01. The summed E-state index contributed by atoms with van der Waals surface area (Å²) in [5, 5.41) is 0.717. The summed E-state index contributed by atoms with van der Waals surface area (Å²) in [4.78, 5) is 44.2. The minimum atomic E-state index is -0.522. The number of fused-ring (bicyclic) bond motifs is 2. The molecule has 0 fully saturated rings. The van der Waals surface area contributed by atoms with Crippen LogP contribution in [0.25, 0.3) is 22.1 Å². The molecule has 8 heteroatoms. The standard InChI is InChI=1S/C28H28N4O4/c1-5-30-16-29-26-25(30)27(34)32(28(35)31(26)14-19-9-7-6-8-10-19)15-20-12-24(33)36-23-11-18(4)21(17(2)3)13-22(20)23/h6-13,16-17H,5,14-15H2,1-4H3. The fourth-order valence-corrected chi connectivity index (χ4v) is 4.84. The van der Waals surface area contributed by atoms with Gasteiger partial charge in [0.1, 0.15) is 5.58 Å². The molecule has 0 radical (unpaired) electrons. The Hall–Kier alpha value is -4.20. The van der Waals surface area contributed by atoms with Crippen LogP contribution in [0.1, 0.15) is 48.9 Å². The maximum Gasteiger partial charge on any atom is 0.336 e. The Labute approximate surface area is 207 Å². The monoisotopic (exact) mass is 484 g/mol. The maximum absolute atomic E-state index is 13.7. The summed E-state index contributed by atoms with van der Waals surface area (Å²) in [5.41, 5.74) is 3.34. The summed E-state index contributed by atoms with van der Waals surface area (Å²) < 4.78 is 9.94. The van der Waals surface area contributed by atoms with Crippen molar-refractivity contribution in [2.45, 2.75) is 53.2 Å². The van der Waals surface area contributed by atoms with Gasteiger partial charge in [-0.1, -0.05) is 44.2 Å². The van der Waals surface area contributed by atoms with Crippen LogP contribution in [0.15, 0.2) is 73.7 Å². The van der Waals surface area contributed by atoms with Crippen LogP contribution in [0, 0.1) is 6.92 Å². The second kappa shape index (κ2) is 9.11. The number of aromatic nitrogens is 4. The van der Waals surface area contributed by atoms with E-state index in [9.17, 15) is 14.4 Å². The molecule has 5 aromatic rings. The van der Waals surface area contributed by atoms with Gasteiger partial charge in [0.05, 0.1) is 19.4 Å². The van der Waals surface area contributed by atoms with Gasteiger partial charge in [-0.15, -0.1) is 0 Å². The topological polar surface area (TPSA) is 92.0 Å². The van der Waals surface area contributed by atoms with Crippen molar-refractivity contribution >= 4 is 22.1 Å². The third kappa shape index (κ3) is 3.98. The molecule has 0 aliphatic rings. The normalized spacial score (nSPS) is 11.7. The third-order valence-corrected chi connectivity index (χ3v) is 6.68. The molecule has 0 saturated heterocycles. The largest absolute Gasteiger partial charge is 0.423 e. The Kier molecular flexibility index (Phi) is 5.96. The molecule has 0 atom stereocenters. The van der Waals surface area contributed by atoms with E-state index in [1.165, 1.54) is 15.2 Å². The van der Waals surface area contributed by atoms with Crippen LogP contribution >= 0.6 is 0 Å². The van der Waals surface area contributed by atoms with Gasteiger partial charge in [0, 0.05) is 18.0 Å². The van der Waals surface area contributed by atoms with Crippen LogP contribution in [0.3, 0.4) is 0 Å². The van der Waals surface area contributed by atoms with Crippen molar-refractivity contribution in [3.63, 3.8) is 0 Å². The van der Waals surface area contributed by atoms with Gasteiger partial charge < -0.3 is 8.98 Å². The SMILES string of the molecule is CCn1cnc2c1c(=O)n(Cc1cc(=O)oc3cc(C)c(C(C)C)cc13)c(=O)n2Cc1ccccc1. The number of benzene rings is 2. The first kappa shape index (κ1) is 23.5. The second-order valence-corrected chi connectivity index (χ2v) is 9.40. The molecule has 3 heterocycles. The highest BCUT2D eigenvalue weighted by molar-refractivity contribution is 5.82. The lowest BCUT2D eigenvalue weighted by atomic mass is 9.95. The smallest absolute Gasteiger partial charge is 0.336 e. The lowest BCUT2D eigenvalue weighted by Crippen LogP contribution is -2.41. The molecule has 0 bridgehead atoms. The molecular formula is C28H28N4O4. The molecule has 0 unspecified atom stereocenters. The highest BCUT2D eigenvalue weighted by Crippen LogP contribution is 2.27. The highest BCUT2D eigenvalue weighted by atomic mass is 16.4. The fraction of sp³-hybridized carbons (Fsp3) is 0.286. The Balaban J connectivity index is 1.76. The zero-order chi connectivity index (χ0) is 25.6. The molecule has 0 aliphatic heterocycles. The average Bonchev–Trinajstić information content (AvgIpc) is 3.28. The summed E-state index contributed by atoms with van der Waals surface area (Å²) in [6.07, 6.45) is 1.58. The van der Waals surface area contributed by atoms with Crippen LogP contribution < -0.4 is 16.9 Å². The van der Waals surface area contributed by atoms with E-state index in [-0.39, 0.29) is 19.0 Å². The molecule has 0 saturated carbocycles. The van der Waals surface area contributed by atoms with Gasteiger partial charge in [-0.2, -0.15) is 0 Å². The summed E-state index contributed by atoms with van der Waals surface area (Å²) >= 11 is 0. The Morgan fingerprint density at radius 3 is 2.42 bits per heavy atom. The van der Waals surface area contributed by atoms with Crippen molar-refractivity contribution in [1.29, 1.82) is 0 Å². The van der Waals surface area contributed by atoms with E-state index < -0.39 is 16.9 Å². The van der Waals surface area contributed by atoms with Gasteiger partial charge >= 0.3 is 11.3 Å². The van der Waals surface area contributed by atoms with Gasteiger partial charge in [-0.3, -0.25) is 13.9 Å². The lowest BCUT2D eigenvalue weighted by molar-refractivity contribution is 0.555. The molecular weight excluding hydrogens is 456 g/mol. The van der Waals surface area contributed by atoms with Crippen LogP contribution in [-0.4, -0.2) is 18.7 Å². The van der Waals surface area contributed by atoms with Crippen molar-refractivity contribution in [3.05, 3.63) is 108 Å². The first-order valence-corrected chi connectivity index (χ1v) is 12.1. The van der Waals surface area contributed by atoms with Crippen LogP contribution in [0.5, 0.6) is 0 Å². The predicted molar refractivity (Wildman–Crippen MR) is 140 cm³/mol. The van der Waals surface area contributed by atoms with Crippen LogP contribution in [-0.2, 0) is 19.6 Å². The fourth-order valence-electron chi connectivity index (χ4n) is 4.84. The molecule has 184 valence electrons. The first-order valence-electron chi connectivity index (χ1n) is 12.1. The van der Waals surface area contributed by atoms with E-state index in [0.29, 0.717) is 34.2 Å². The van der Waals surface area contributed by atoms with E-state index in [1.54, 1.807) is 10.9 Å². The van der Waals surface area contributed by atoms with Crippen LogP contribution in [0.4, 0.5) is 0 Å². The number of imidazole rings is 1. The summed E-state index contributed by atoms with van der Waals surface area (Å²) in [6, 6.07) is 14.8. The maximum atomic E-state index is 13.7. The molecule has 0 N–H and O–H groups in total. The van der Waals surface area contributed by atoms with Crippen molar-refractivity contribution in [2.75, 3.05) is 0 Å². The minimum Gasteiger partial charge on any atom is -0.423 e. The van der Waals surface area contributed by atoms with E-state index in [2.05, 4.69) is 18.8 Å². The Morgan fingerprint density at radius 2 is 1.72 bits per heavy atom. The quantitative estimate of drug-likeness (QED) is 0.340. The van der Waals surface area contributed by atoms with Crippen molar-refractivity contribution < 1.29 is 4.42 Å². The summed E-state index contributed by atoms with van der Waals surface area (Å²) in [5.74, 6) is 0.259. The zero-order valence-corrected chi connectivity index (χ0v) is 20.8. The molecule has 0 amide bonds.